The molecule has 2 fully saturated rings. The van der Waals surface area contributed by atoms with Crippen LogP contribution >= 0.6 is 0 Å². The summed E-state index contributed by atoms with van der Waals surface area (Å²) in [5.74, 6) is 0.499. The zero-order valence-corrected chi connectivity index (χ0v) is 16.8. The number of nitrogens with zero attached hydrogens (tertiary/aromatic N) is 3. The van der Waals surface area contributed by atoms with E-state index in [-0.39, 0.29) is 22.8 Å². The minimum Gasteiger partial charge on any atom is -0.372 e. The molecule has 0 radical (unpaired) electrons. The van der Waals surface area contributed by atoms with Crippen LogP contribution in [0.2, 0.25) is 0 Å². The van der Waals surface area contributed by atoms with Crippen molar-refractivity contribution in [3.05, 3.63) is 28.3 Å². The Labute approximate surface area is 160 Å². The van der Waals surface area contributed by atoms with Crippen molar-refractivity contribution >= 4 is 21.4 Å². The molecule has 0 N–H and O–H groups in total. The number of anilines is 1. The molecule has 0 amide bonds. The lowest BCUT2D eigenvalue weighted by molar-refractivity contribution is -0.384. The van der Waals surface area contributed by atoms with Crippen LogP contribution < -0.4 is 4.90 Å². The zero-order chi connectivity index (χ0) is 19.8. The Hall–Kier alpha value is -1.71. The smallest absolute Gasteiger partial charge is 0.293 e. The fraction of sp³-hybridized carbons (Fsp3) is 0.667. The Morgan fingerprint density at radius 3 is 2.26 bits per heavy atom. The van der Waals surface area contributed by atoms with Gasteiger partial charge in [-0.25, -0.2) is 8.42 Å². The molecule has 150 valence electrons. The Kier molecular flexibility index (Phi) is 5.73. The molecule has 0 aromatic heterocycles. The third-order valence-corrected chi connectivity index (χ3v) is 7.18. The highest BCUT2D eigenvalue weighted by Crippen LogP contribution is 2.34. The second kappa shape index (κ2) is 7.73. The summed E-state index contributed by atoms with van der Waals surface area (Å²) in [4.78, 5) is 13.0. The molecule has 2 aliphatic heterocycles. The first-order valence-electron chi connectivity index (χ1n) is 9.37. The lowest BCUT2D eigenvalue weighted by atomic mass is 10.0. The number of ether oxygens (including phenoxy) is 1. The third kappa shape index (κ3) is 4.25. The lowest BCUT2D eigenvalue weighted by Crippen LogP contribution is -2.45. The summed E-state index contributed by atoms with van der Waals surface area (Å²) in [7, 11) is -3.72. The van der Waals surface area contributed by atoms with Gasteiger partial charge in [0.15, 0.2) is 0 Å². The van der Waals surface area contributed by atoms with Crippen molar-refractivity contribution in [3.8, 4) is 0 Å². The molecule has 9 heteroatoms. The van der Waals surface area contributed by atoms with Gasteiger partial charge in [-0.3, -0.25) is 10.1 Å². The average Bonchev–Trinajstić information content (AvgIpc) is 2.60. The van der Waals surface area contributed by atoms with Gasteiger partial charge in [-0.05, 0) is 44.7 Å². The quantitative estimate of drug-likeness (QED) is 0.573. The zero-order valence-electron chi connectivity index (χ0n) is 16.0. The maximum absolute atomic E-state index is 12.9. The molecule has 0 spiro atoms. The van der Waals surface area contributed by atoms with Crippen molar-refractivity contribution in [2.45, 2.75) is 50.7 Å². The topological polar surface area (TPSA) is 93.0 Å². The van der Waals surface area contributed by atoms with Crippen LogP contribution in [0.5, 0.6) is 0 Å². The van der Waals surface area contributed by atoms with E-state index in [1.165, 1.54) is 16.4 Å². The predicted molar refractivity (Wildman–Crippen MR) is 102 cm³/mol. The summed E-state index contributed by atoms with van der Waals surface area (Å²) < 4.78 is 33.0. The van der Waals surface area contributed by atoms with Gasteiger partial charge in [0, 0.05) is 32.2 Å². The SMILES string of the molecule is CC1CCN(S(=O)(=O)c2ccc(N3C[C@@H](C)O[C@@H](C)C3)c([N+](=O)[O-])c2)CC1. The monoisotopic (exact) mass is 397 g/mol. The molecule has 8 nitrogen and oxygen atoms in total. The fourth-order valence-corrected chi connectivity index (χ4v) is 5.32. The molecule has 2 saturated heterocycles. The van der Waals surface area contributed by atoms with E-state index in [2.05, 4.69) is 6.92 Å². The highest BCUT2D eigenvalue weighted by atomic mass is 32.2. The van der Waals surface area contributed by atoms with Crippen LogP contribution in [0.25, 0.3) is 0 Å². The van der Waals surface area contributed by atoms with Gasteiger partial charge in [0.2, 0.25) is 10.0 Å². The maximum atomic E-state index is 12.9. The number of hydrogen-bond acceptors (Lipinski definition) is 6. The molecule has 3 rings (SSSR count). The summed E-state index contributed by atoms with van der Waals surface area (Å²) in [6.45, 7) is 7.92. The molecular formula is C18H27N3O5S. The number of piperidine rings is 1. The van der Waals surface area contributed by atoms with E-state index in [0.717, 1.165) is 12.8 Å². The molecular weight excluding hydrogens is 370 g/mol. The van der Waals surface area contributed by atoms with Gasteiger partial charge in [0.05, 0.1) is 22.0 Å². The van der Waals surface area contributed by atoms with E-state index in [1.807, 2.05) is 18.7 Å². The van der Waals surface area contributed by atoms with Crippen LogP contribution in [0, 0.1) is 16.0 Å². The van der Waals surface area contributed by atoms with Crippen LogP contribution in [0.15, 0.2) is 23.1 Å². The van der Waals surface area contributed by atoms with E-state index in [0.29, 0.717) is 37.8 Å². The maximum Gasteiger partial charge on any atom is 0.293 e. The van der Waals surface area contributed by atoms with E-state index < -0.39 is 14.9 Å². The molecule has 1 aromatic carbocycles. The summed E-state index contributed by atoms with van der Waals surface area (Å²) >= 11 is 0. The van der Waals surface area contributed by atoms with Crippen LogP contribution in [-0.2, 0) is 14.8 Å². The van der Waals surface area contributed by atoms with Gasteiger partial charge < -0.3 is 9.64 Å². The molecule has 2 heterocycles. The van der Waals surface area contributed by atoms with Gasteiger partial charge in [-0.15, -0.1) is 0 Å². The molecule has 2 atom stereocenters. The first kappa shape index (κ1) is 20.0. The largest absolute Gasteiger partial charge is 0.372 e. The van der Waals surface area contributed by atoms with Gasteiger partial charge in [0.25, 0.3) is 5.69 Å². The van der Waals surface area contributed by atoms with Gasteiger partial charge in [0.1, 0.15) is 5.69 Å². The lowest BCUT2D eigenvalue weighted by Gasteiger charge is -2.36. The van der Waals surface area contributed by atoms with Crippen molar-refractivity contribution in [1.82, 2.24) is 4.31 Å². The number of nitro benzene ring substituents is 1. The van der Waals surface area contributed by atoms with E-state index in [1.54, 1.807) is 6.07 Å². The minimum atomic E-state index is -3.72. The Bertz CT molecular complexity index is 795. The molecule has 0 aliphatic carbocycles. The molecule has 0 bridgehead atoms. The van der Waals surface area contributed by atoms with Crippen LogP contribution in [0.3, 0.4) is 0 Å². The summed E-state index contributed by atoms with van der Waals surface area (Å²) in [5, 5.41) is 11.7. The fourth-order valence-electron chi connectivity index (χ4n) is 3.83. The summed E-state index contributed by atoms with van der Waals surface area (Å²) in [5.41, 5.74) is 0.260. The Morgan fingerprint density at radius 1 is 1.11 bits per heavy atom. The predicted octanol–water partition coefficient (Wildman–Crippen LogP) is 2.63. The average molecular weight is 397 g/mol. The molecule has 27 heavy (non-hydrogen) atoms. The van der Waals surface area contributed by atoms with E-state index in [9.17, 15) is 18.5 Å². The standard InChI is InChI=1S/C18H27N3O5S/c1-13-6-8-20(9-7-13)27(24,25)16-4-5-17(18(10-16)21(22)23)19-11-14(2)26-15(3)12-19/h4-5,10,13-15H,6-9,11-12H2,1-3H3/t14-,15+. The van der Waals surface area contributed by atoms with Crippen LogP contribution in [-0.4, -0.2) is 56.0 Å². The molecule has 1 aromatic rings. The van der Waals surface area contributed by atoms with Gasteiger partial charge in [-0.1, -0.05) is 6.92 Å². The number of benzene rings is 1. The summed E-state index contributed by atoms with van der Waals surface area (Å²) in [6.07, 6.45) is 1.52. The number of hydrogen-bond donors (Lipinski definition) is 0. The summed E-state index contributed by atoms with van der Waals surface area (Å²) in [6, 6.07) is 4.25. The van der Waals surface area contributed by atoms with Crippen molar-refractivity contribution in [3.63, 3.8) is 0 Å². The Morgan fingerprint density at radius 2 is 1.70 bits per heavy atom. The molecule has 0 saturated carbocycles. The highest BCUT2D eigenvalue weighted by molar-refractivity contribution is 7.89. The van der Waals surface area contributed by atoms with Crippen molar-refractivity contribution in [1.29, 1.82) is 0 Å². The van der Waals surface area contributed by atoms with Gasteiger partial charge >= 0.3 is 0 Å². The molecule has 0 unspecified atom stereocenters. The second-order valence-electron chi connectivity index (χ2n) is 7.66. The van der Waals surface area contributed by atoms with Crippen molar-refractivity contribution < 1.29 is 18.1 Å². The number of sulfonamides is 1. The van der Waals surface area contributed by atoms with E-state index >= 15 is 0 Å². The highest BCUT2D eigenvalue weighted by Gasteiger charge is 2.32. The van der Waals surface area contributed by atoms with Gasteiger partial charge in [-0.2, -0.15) is 4.31 Å². The third-order valence-electron chi connectivity index (χ3n) is 5.28. The number of rotatable bonds is 4. The normalized spacial score (nSPS) is 25.5. The number of nitro groups is 1. The Balaban J connectivity index is 1.93. The molecule has 2 aliphatic rings. The van der Waals surface area contributed by atoms with Crippen LogP contribution in [0.1, 0.15) is 33.6 Å². The van der Waals surface area contributed by atoms with E-state index in [4.69, 9.17) is 4.74 Å². The van der Waals surface area contributed by atoms with Crippen LogP contribution in [0.4, 0.5) is 11.4 Å². The number of morpholine rings is 1. The first-order valence-corrected chi connectivity index (χ1v) is 10.8. The first-order chi connectivity index (χ1) is 12.7. The second-order valence-corrected chi connectivity index (χ2v) is 9.59. The minimum absolute atomic E-state index is 0.0122. The van der Waals surface area contributed by atoms with Crippen molar-refractivity contribution in [2.75, 3.05) is 31.1 Å². The van der Waals surface area contributed by atoms with Crippen molar-refractivity contribution in [2.24, 2.45) is 5.92 Å².